The summed E-state index contributed by atoms with van der Waals surface area (Å²) in [5.74, 6) is 1.77. The summed E-state index contributed by atoms with van der Waals surface area (Å²) in [7, 11) is 0. The van der Waals surface area contributed by atoms with Gasteiger partial charge in [-0.25, -0.2) is 0 Å². The van der Waals surface area contributed by atoms with E-state index in [9.17, 15) is 4.79 Å². The Morgan fingerprint density at radius 3 is 2.29 bits per heavy atom. The van der Waals surface area contributed by atoms with Gasteiger partial charge < -0.3 is 15.0 Å². The zero-order valence-corrected chi connectivity index (χ0v) is 13.8. The van der Waals surface area contributed by atoms with Crippen molar-refractivity contribution in [1.29, 1.82) is 0 Å². The van der Waals surface area contributed by atoms with Crippen LogP contribution >= 0.6 is 0 Å². The Balaban J connectivity index is 1.76. The molecule has 0 heterocycles. The Labute approximate surface area is 129 Å². The summed E-state index contributed by atoms with van der Waals surface area (Å²) in [5, 5.41) is 3.35. The van der Waals surface area contributed by atoms with Crippen molar-refractivity contribution in [3.05, 3.63) is 0 Å². The van der Waals surface area contributed by atoms with E-state index in [0.717, 1.165) is 37.8 Å². The highest BCUT2D eigenvalue weighted by molar-refractivity contribution is 5.75. The van der Waals surface area contributed by atoms with Crippen LogP contribution < -0.4 is 5.32 Å². The lowest BCUT2D eigenvalue weighted by Crippen LogP contribution is -2.42. The van der Waals surface area contributed by atoms with Crippen molar-refractivity contribution in [3.8, 4) is 0 Å². The molecular formula is C17H32N2O2. The highest BCUT2D eigenvalue weighted by atomic mass is 16.5. The van der Waals surface area contributed by atoms with E-state index < -0.39 is 0 Å². The van der Waals surface area contributed by atoms with Gasteiger partial charge >= 0.3 is 5.97 Å². The van der Waals surface area contributed by atoms with Crippen LogP contribution in [0.4, 0.5) is 0 Å². The maximum absolute atomic E-state index is 12.0. The second-order valence-corrected chi connectivity index (χ2v) is 6.69. The number of nitrogens with one attached hydrogen (secondary N) is 1. The molecule has 1 unspecified atom stereocenters. The summed E-state index contributed by atoms with van der Waals surface area (Å²) in [6, 6.07) is -0.134. The number of carbonyl (C=O) groups excluding carboxylic acids is 1. The normalized spacial score (nSPS) is 19.8. The molecule has 1 atom stereocenters. The fraction of sp³-hybridized carbons (Fsp3) is 0.941. The van der Waals surface area contributed by atoms with Crippen molar-refractivity contribution in [3.63, 3.8) is 0 Å². The molecule has 0 radical (unpaired) electrons. The van der Waals surface area contributed by atoms with E-state index in [4.69, 9.17) is 4.74 Å². The fourth-order valence-electron chi connectivity index (χ4n) is 2.76. The SMILES string of the molecule is CCCNC(CCN(CC1CC1)CC1CC1)C(=O)OCC. The number of hydrogen-bond acceptors (Lipinski definition) is 4. The third kappa shape index (κ3) is 6.79. The third-order valence-electron chi connectivity index (χ3n) is 4.37. The molecule has 0 saturated heterocycles. The lowest BCUT2D eigenvalue weighted by molar-refractivity contribution is -0.145. The van der Waals surface area contributed by atoms with Gasteiger partial charge in [-0.1, -0.05) is 6.92 Å². The van der Waals surface area contributed by atoms with Gasteiger partial charge in [-0.3, -0.25) is 4.79 Å². The topological polar surface area (TPSA) is 41.6 Å². The van der Waals surface area contributed by atoms with Crippen LogP contribution in [0.3, 0.4) is 0 Å². The molecule has 0 aromatic rings. The Bertz CT molecular complexity index is 300. The lowest BCUT2D eigenvalue weighted by Gasteiger charge is -2.25. The molecule has 0 aliphatic heterocycles. The third-order valence-corrected chi connectivity index (χ3v) is 4.37. The zero-order chi connectivity index (χ0) is 15.1. The molecule has 122 valence electrons. The number of carbonyl (C=O) groups is 1. The minimum absolute atomic E-state index is 0.0799. The fourth-order valence-corrected chi connectivity index (χ4v) is 2.76. The van der Waals surface area contributed by atoms with Crippen molar-refractivity contribution in [2.24, 2.45) is 11.8 Å². The van der Waals surface area contributed by atoms with E-state index in [1.807, 2.05) is 6.92 Å². The highest BCUT2D eigenvalue weighted by Crippen LogP contribution is 2.33. The molecule has 4 heteroatoms. The number of rotatable bonds is 12. The molecule has 0 bridgehead atoms. The minimum Gasteiger partial charge on any atom is -0.465 e. The van der Waals surface area contributed by atoms with Crippen LogP contribution in [-0.4, -0.2) is 49.7 Å². The first-order chi connectivity index (χ1) is 10.2. The molecule has 2 rings (SSSR count). The Morgan fingerprint density at radius 1 is 1.19 bits per heavy atom. The zero-order valence-electron chi connectivity index (χ0n) is 13.8. The van der Waals surface area contributed by atoms with Gasteiger partial charge in [0.05, 0.1) is 6.61 Å². The molecule has 4 nitrogen and oxygen atoms in total. The maximum atomic E-state index is 12.0. The van der Waals surface area contributed by atoms with Crippen LogP contribution in [0.25, 0.3) is 0 Å². The van der Waals surface area contributed by atoms with Gasteiger partial charge in [-0.15, -0.1) is 0 Å². The highest BCUT2D eigenvalue weighted by Gasteiger charge is 2.30. The Kier molecular flexibility index (Phi) is 6.97. The average molecular weight is 296 g/mol. The molecule has 0 aromatic carbocycles. The summed E-state index contributed by atoms with van der Waals surface area (Å²) in [4.78, 5) is 14.6. The summed E-state index contributed by atoms with van der Waals surface area (Å²) in [6.07, 6.45) is 7.52. The van der Waals surface area contributed by atoms with Gasteiger partial charge in [0.25, 0.3) is 0 Å². The molecule has 1 N–H and O–H groups in total. The van der Waals surface area contributed by atoms with Crippen molar-refractivity contribution in [2.75, 3.05) is 32.8 Å². The van der Waals surface area contributed by atoms with Gasteiger partial charge in [0, 0.05) is 19.6 Å². The Hall–Kier alpha value is -0.610. The second kappa shape index (κ2) is 8.74. The second-order valence-electron chi connectivity index (χ2n) is 6.69. The van der Waals surface area contributed by atoms with Crippen LogP contribution in [0.15, 0.2) is 0 Å². The summed E-state index contributed by atoms with van der Waals surface area (Å²) in [6.45, 7) is 8.85. The molecule has 2 fully saturated rings. The van der Waals surface area contributed by atoms with E-state index in [0.29, 0.717) is 6.61 Å². The number of hydrogen-bond donors (Lipinski definition) is 1. The van der Waals surface area contributed by atoms with Crippen molar-refractivity contribution in [1.82, 2.24) is 10.2 Å². The molecule has 0 amide bonds. The van der Waals surface area contributed by atoms with Gasteiger partial charge in [0.15, 0.2) is 0 Å². The summed E-state index contributed by atoms with van der Waals surface area (Å²) >= 11 is 0. The van der Waals surface area contributed by atoms with Gasteiger partial charge in [-0.2, -0.15) is 0 Å². The van der Waals surface area contributed by atoms with Crippen LogP contribution in [0.1, 0.15) is 52.4 Å². The molecule has 0 aromatic heterocycles. The molecule has 2 aliphatic rings. The molecule has 0 spiro atoms. The van der Waals surface area contributed by atoms with Gasteiger partial charge in [0.2, 0.25) is 0 Å². The Morgan fingerprint density at radius 2 is 1.81 bits per heavy atom. The smallest absolute Gasteiger partial charge is 0.323 e. The quantitative estimate of drug-likeness (QED) is 0.562. The van der Waals surface area contributed by atoms with E-state index >= 15 is 0 Å². The molecule has 2 aliphatic carbocycles. The van der Waals surface area contributed by atoms with Crippen LogP contribution in [-0.2, 0) is 9.53 Å². The standard InChI is InChI=1S/C17H32N2O2/c1-3-10-18-16(17(20)21-4-2)9-11-19(12-14-5-6-14)13-15-7-8-15/h14-16,18H,3-13H2,1-2H3. The van der Waals surface area contributed by atoms with E-state index in [1.165, 1.54) is 38.8 Å². The number of nitrogens with zero attached hydrogens (tertiary/aromatic N) is 1. The number of esters is 1. The predicted molar refractivity (Wildman–Crippen MR) is 85.2 cm³/mol. The number of ether oxygens (including phenoxy) is 1. The maximum Gasteiger partial charge on any atom is 0.323 e. The van der Waals surface area contributed by atoms with Gasteiger partial charge in [0.1, 0.15) is 6.04 Å². The minimum atomic E-state index is -0.134. The first-order valence-corrected chi connectivity index (χ1v) is 8.85. The molecule has 21 heavy (non-hydrogen) atoms. The monoisotopic (exact) mass is 296 g/mol. The molecule has 2 saturated carbocycles. The molecular weight excluding hydrogens is 264 g/mol. The van der Waals surface area contributed by atoms with Crippen LogP contribution in [0.2, 0.25) is 0 Å². The van der Waals surface area contributed by atoms with Crippen molar-refractivity contribution in [2.45, 2.75) is 58.4 Å². The van der Waals surface area contributed by atoms with Crippen LogP contribution in [0.5, 0.6) is 0 Å². The lowest BCUT2D eigenvalue weighted by atomic mass is 10.1. The van der Waals surface area contributed by atoms with Crippen molar-refractivity contribution >= 4 is 5.97 Å². The van der Waals surface area contributed by atoms with Crippen LogP contribution in [0, 0.1) is 11.8 Å². The van der Waals surface area contributed by atoms with Gasteiger partial charge in [-0.05, 0) is 63.8 Å². The predicted octanol–water partition coefficient (Wildman–Crippen LogP) is 2.43. The first-order valence-electron chi connectivity index (χ1n) is 8.85. The largest absolute Gasteiger partial charge is 0.465 e. The van der Waals surface area contributed by atoms with E-state index in [1.54, 1.807) is 0 Å². The van der Waals surface area contributed by atoms with E-state index in [-0.39, 0.29) is 12.0 Å². The first kappa shape index (κ1) is 16.8. The average Bonchev–Trinajstić information content (AvgIpc) is 3.35. The van der Waals surface area contributed by atoms with E-state index in [2.05, 4.69) is 17.1 Å². The van der Waals surface area contributed by atoms with Crippen molar-refractivity contribution < 1.29 is 9.53 Å². The summed E-state index contributed by atoms with van der Waals surface area (Å²) < 4.78 is 5.20. The summed E-state index contributed by atoms with van der Waals surface area (Å²) in [5.41, 5.74) is 0.